The molecule has 88 valence electrons. The van der Waals surface area contributed by atoms with Crippen LogP contribution in [0.15, 0.2) is 27.1 Å². The van der Waals surface area contributed by atoms with E-state index in [9.17, 15) is 5.11 Å². The zero-order chi connectivity index (χ0) is 12.0. The summed E-state index contributed by atoms with van der Waals surface area (Å²) in [6.45, 7) is 1.91. The van der Waals surface area contributed by atoms with Crippen LogP contribution in [0, 0.1) is 6.92 Å². The quantitative estimate of drug-likeness (QED) is 0.910. The van der Waals surface area contributed by atoms with Crippen LogP contribution < -0.4 is 0 Å². The van der Waals surface area contributed by atoms with E-state index in [1.807, 2.05) is 19.1 Å². The molecule has 0 spiro atoms. The summed E-state index contributed by atoms with van der Waals surface area (Å²) in [6.07, 6.45) is 2.34. The Morgan fingerprint density at radius 1 is 1.41 bits per heavy atom. The van der Waals surface area contributed by atoms with Crippen molar-refractivity contribution in [2.24, 2.45) is 0 Å². The average molecular weight is 294 g/mol. The van der Waals surface area contributed by atoms with E-state index >= 15 is 0 Å². The summed E-state index contributed by atoms with van der Waals surface area (Å²) in [4.78, 5) is 4.52. The van der Waals surface area contributed by atoms with E-state index in [0.717, 1.165) is 22.9 Å². The summed E-state index contributed by atoms with van der Waals surface area (Å²) in [5, 5.41) is 9.68. The molecule has 1 aliphatic carbocycles. The molecule has 1 saturated carbocycles. The second-order valence-electron chi connectivity index (χ2n) is 4.40. The van der Waals surface area contributed by atoms with Crippen molar-refractivity contribution in [2.75, 3.05) is 0 Å². The minimum atomic E-state index is 0.220. The van der Waals surface area contributed by atoms with E-state index < -0.39 is 0 Å². The average Bonchev–Trinajstić information content (AvgIpc) is 3.07. The number of aromatic nitrogens is 1. The molecule has 0 atom stereocenters. The second-order valence-corrected chi connectivity index (χ2v) is 5.25. The van der Waals surface area contributed by atoms with Gasteiger partial charge in [-0.05, 0) is 47.8 Å². The number of phenols is 1. The largest absolute Gasteiger partial charge is 0.507 e. The summed E-state index contributed by atoms with van der Waals surface area (Å²) in [5.41, 5.74) is 1.72. The van der Waals surface area contributed by atoms with Crippen LogP contribution in [0.2, 0.25) is 0 Å². The molecule has 1 aromatic heterocycles. The van der Waals surface area contributed by atoms with Gasteiger partial charge in [-0.15, -0.1) is 0 Å². The van der Waals surface area contributed by atoms with E-state index in [-0.39, 0.29) is 5.75 Å². The minimum absolute atomic E-state index is 0.220. The molecule has 1 aliphatic rings. The first kappa shape index (κ1) is 10.8. The number of aromatic hydroxyl groups is 1. The van der Waals surface area contributed by atoms with Crippen LogP contribution >= 0.6 is 15.9 Å². The molecule has 1 aromatic carbocycles. The molecule has 0 radical (unpaired) electrons. The molecular formula is C13H12BrNO2. The van der Waals surface area contributed by atoms with Gasteiger partial charge < -0.3 is 9.52 Å². The monoisotopic (exact) mass is 293 g/mol. The van der Waals surface area contributed by atoms with Gasteiger partial charge >= 0.3 is 0 Å². The fourth-order valence-corrected chi connectivity index (χ4v) is 2.10. The molecule has 0 amide bonds. The molecule has 0 bridgehead atoms. The lowest BCUT2D eigenvalue weighted by atomic mass is 10.1. The molecule has 3 rings (SSSR count). The maximum Gasteiger partial charge on any atom is 0.198 e. The van der Waals surface area contributed by atoms with Crippen LogP contribution in [0.5, 0.6) is 5.75 Å². The lowest BCUT2D eigenvalue weighted by Crippen LogP contribution is -1.82. The highest BCUT2D eigenvalue weighted by Crippen LogP contribution is 2.41. The number of rotatable bonds is 2. The molecular weight excluding hydrogens is 282 g/mol. The van der Waals surface area contributed by atoms with Crippen LogP contribution in [0.25, 0.3) is 11.3 Å². The van der Waals surface area contributed by atoms with E-state index in [2.05, 4.69) is 20.9 Å². The van der Waals surface area contributed by atoms with Gasteiger partial charge in [0.05, 0.1) is 4.47 Å². The van der Waals surface area contributed by atoms with Crippen LogP contribution in [0.1, 0.15) is 30.4 Å². The predicted octanol–water partition coefficient (Wildman–Crippen LogP) is 4.00. The van der Waals surface area contributed by atoms with Gasteiger partial charge in [0.25, 0.3) is 0 Å². The summed E-state index contributed by atoms with van der Waals surface area (Å²) in [7, 11) is 0. The number of hydrogen-bond donors (Lipinski definition) is 1. The molecule has 0 unspecified atom stereocenters. The van der Waals surface area contributed by atoms with E-state index in [0.29, 0.717) is 10.4 Å². The third kappa shape index (κ3) is 1.97. The third-order valence-electron chi connectivity index (χ3n) is 2.96. The predicted molar refractivity (Wildman–Crippen MR) is 68.0 cm³/mol. The molecule has 17 heavy (non-hydrogen) atoms. The molecule has 1 fully saturated rings. The molecule has 1 heterocycles. The first-order valence-corrected chi connectivity index (χ1v) is 6.40. The summed E-state index contributed by atoms with van der Waals surface area (Å²) in [6, 6.07) is 5.44. The lowest BCUT2D eigenvalue weighted by Gasteiger charge is -2.00. The number of oxazole rings is 1. The number of aryl methyl sites for hydroxylation is 1. The van der Waals surface area contributed by atoms with Crippen molar-refractivity contribution in [1.82, 2.24) is 4.98 Å². The molecule has 0 aliphatic heterocycles. The van der Waals surface area contributed by atoms with Crippen molar-refractivity contribution in [3.05, 3.63) is 34.3 Å². The second kappa shape index (κ2) is 3.88. The summed E-state index contributed by atoms with van der Waals surface area (Å²) >= 11 is 3.27. The van der Waals surface area contributed by atoms with Gasteiger partial charge in [-0.1, -0.05) is 6.07 Å². The normalized spacial score (nSPS) is 15.2. The number of nitrogens with zero attached hydrogens (tertiary/aromatic N) is 1. The van der Waals surface area contributed by atoms with Crippen molar-refractivity contribution in [2.45, 2.75) is 25.7 Å². The molecule has 4 heteroatoms. The fraction of sp³-hybridized carbons (Fsp3) is 0.308. The molecule has 0 saturated heterocycles. The van der Waals surface area contributed by atoms with Gasteiger partial charge in [0.2, 0.25) is 0 Å². The van der Waals surface area contributed by atoms with E-state index in [1.165, 1.54) is 12.8 Å². The maximum atomic E-state index is 9.68. The van der Waals surface area contributed by atoms with Crippen LogP contribution in [-0.2, 0) is 0 Å². The Hall–Kier alpha value is -1.29. The Morgan fingerprint density at radius 2 is 2.18 bits per heavy atom. The van der Waals surface area contributed by atoms with Crippen LogP contribution in [0.3, 0.4) is 0 Å². The van der Waals surface area contributed by atoms with Crippen molar-refractivity contribution >= 4 is 15.9 Å². The van der Waals surface area contributed by atoms with Crippen LogP contribution in [-0.4, -0.2) is 10.1 Å². The highest BCUT2D eigenvalue weighted by molar-refractivity contribution is 9.10. The van der Waals surface area contributed by atoms with Gasteiger partial charge in [0.1, 0.15) is 17.2 Å². The number of benzene rings is 1. The smallest absolute Gasteiger partial charge is 0.198 e. The Morgan fingerprint density at radius 3 is 2.82 bits per heavy atom. The van der Waals surface area contributed by atoms with Gasteiger partial charge in [0.15, 0.2) is 5.89 Å². The van der Waals surface area contributed by atoms with E-state index in [1.54, 1.807) is 6.07 Å². The molecule has 2 aromatic rings. The van der Waals surface area contributed by atoms with Gasteiger partial charge in [-0.2, -0.15) is 0 Å². The fourth-order valence-electron chi connectivity index (χ4n) is 1.85. The van der Waals surface area contributed by atoms with Gasteiger partial charge in [-0.25, -0.2) is 4.98 Å². The van der Waals surface area contributed by atoms with Gasteiger partial charge in [-0.3, -0.25) is 0 Å². The molecule has 1 N–H and O–H groups in total. The summed E-state index contributed by atoms with van der Waals surface area (Å²) < 4.78 is 6.34. The molecule has 3 nitrogen and oxygen atoms in total. The SMILES string of the molecule is Cc1oc(C2CC2)nc1-c1ccc(Br)c(O)c1. The Labute approximate surface area is 108 Å². The summed E-state index contributed by atoms with van der Waals surface area (Å²) in [5.74, 6) is 2.37. The zero-order valence-corrected chi connectivity index (χ0v) is 11.0. The Bertz CT molecular complexity index is 573. The van der Waals surface area contributed by atoms with Crippen molar-refractivity contribution < 1.29 is 9.52 Å². The topological polar surface area (TPSA) is 46.3 Å². The van der Waals surface area contributed by atoms with Crippen LogP contribution in [0.4, 0.5) is 0 Å². The van der Waals surface area contributed by atoms with Crippen molar-refractivity contribution in [1.29, 1.82) is 0 Å². The van der Waals surface area contributed by atoms with Crippen molar-refractivity contribution in [3.63, 3.8) is 0 Å². The maximum absolute atomic E-state index is 9.68. The highest BCUT2D eigenvalue weighted by atomic mass is 79.9. The highest BCUT2D eigenvalue weighted by Gasteiger charge is 2.29. The van der Waals surface area contributed by atoms with Crippen molar-refractivity contribution in [3.8, 4) is 17.0 Å². The lowest BCUT2D eigenvalue weighted by molar-refractivity contribution is 0.472. The first-order chi connectivity index (χ1) is 8.15. The number of phenolic OH excluding ortho intramolecular Hbond substituents is 1. The minimum Gasteiger partial charge on any atom is -0.507 e. The third-order valence-corrected chi connectivity index (χ3v) is 3.63. The van der Waals surface area contributed by atoms with Gasteiger partial charge in [0, 0.05) is 11.5 Å². The number of halogens is 1. The number of hydrogen-bond acceptors (Lipinski definition) is 3. The zero-order valence-electron chi connectivity index (χ0n) is 9.40. The van der Waals surface area contributed by atoms with E-state index in [4.69, 9.17) is 4.42 Å². The Balaban J connectivity index is 2.04. The first-order valence-electron chi connectivity index (χ1n) is 5.61. The Kier molecular flexibility index (Phi) is 2.47. The standard InChI is InChI=1S/C13H12BrNO2/c1-7-12(15-13(17-7)8-2-3-8)9-4-5-10(14)11(16)6-9/h4-6,8,16H,2-3H2,1H3.